The molecule has 4 aliphatic carbocycles. The van der Waals surface area contributed by atoms with E-state index < -0.39 is 0 Å². The van der Waals surface area contributed by atoms with Crippen molar-refractivity contribution in [3.8, 4) is 0 Å². The largest absolute Gasteiger partial charge is 0.338 e. The van der Waals surface area contributed by atoms with Crippen LogP contribution in [0.5, 0.6) is 0 Å². The first-order chi connectivity index (χ1) is 13.4. The van der Waals surface area contributed by atoms with E-state index in [0.29, 0.717) is 0 Å². The van der Waals surface area contributed by atoms with E-state index in [1.54, 1.807) is 0 Å². The molecule has 5 fully saturated rings. The lowest BCUT2D eigenvalue weighted by atomic mass is 9.49. The fraction of sp³-hybridized carbons (Fsp3) is 0.773. The Morgan fingerprint density at radius 1 is 0.929 bits per heavy atom. The third-order valence-corrected chi connectivity index (χ3v) is 7.80. The highest BCUT2D eigenvalue weighted by Gasteiger charge is 2.54. The molecule has 0 atom stereocenters. The number of hydrogen-bond acceptors (Lipinski definition) is 5. The van der Waals surface area contributed by atoms with Crippen molar-refractivity contribution in [2.24, 2.45) is 23.2 Å². The molecule has 6 rings (SSSR count). The molecule has 6 heteroatoms. The topological polar surface area (TPSA) is 61.4 Å². The number of aryl methyl sites for hydroxylation is 2. The summed E-state index contributed by atoms with van der Waals surface area (Å²) in [6, 6.07) is 0. The van der Waals surface area contributed by atoms with Crippen molar-refractivity contribution in [3.05, 3.63) is 11.4 Å². The number of rotatable bonds is 3. The van der Waals surface area contributed by atoms with Gasteiger partial charge in [-0.1, -0.05) is 0 Å². The minimum absolute atomic E-state index is 0.135. The molecule has 4 bridgehead atoms. The van der Waals surface area contributed by atoms with Gasteiger partial charge in [-0.15, -0.1) is 0 Å². The van der Waals surface area contributed by atoms with Crippen LogP contribution in [0.4, 0.5) is 11.6 Å². The van der Waals surface area contributed by atoms with Gasteiger partial charge in [-0.2, -0.15) is 0 Å². The van der Waals surface area contributed by atoms with E-state index in [1.807, 2.05) is 13.8 Å². The van der Waals surface area contributed by atoms with Crippen LogP contribution in [0, 0.1) is 37.0 Å². The van der Waals surface area contributed by atoms with Gasteiger partial charge in [-0.05, 0) is 77.2 Å². The number of anilines is 2. The van der Waals surface area contributed by atoms with Gasteiger partial charge in [0.15, 0.2) is 0 Å². The highest BCUT2D eigenvalue weighted by Crippen LogP contribution is 2.60. The average molecular weight is 384 g/mol. The summed E-state index contributed by atoms with van der Waals surface area (Å²) in [6.07, 6.45) is 7.32. The van der Waals surface area contributed by atoms with Gasteiger partial charge in [0.25, 0.3) is 0 Å². The minimum atomic E-state index is -0.135. The standard InChI is InChI=1S/C22H33N5O/c1-14-19(15(2)24-21(23-14)27-6-4-26(3)5-7-27)25-20(28)22-11-16-8-17(12-22)10-18(9-16)13-22/h16-18H,4-13H2,1-3H3,(H,25,28). The van der Waals surface area contributed by atoms with Crippen molar-refractivity contribution in [1.29, 1.82) is 0 Å². The summed E-state index contributed by atoms with van der Waals surface area (Å²) in [4.78, 5) is 27.5. The summed E-state index contributed by atoms with van der Waals surface area (Å²) in [5.74, 6) is 3.35. The normalized spacial score (nSPS) is 34.7. The van der Waals surface area contributed by atoms with E-state index in [4.69, 9.17) is 9.97 Å². The Bertz CT molecular complexity index is 725. The third kappa shape index (κ3) is 3.10. The zero-order valence-electron chi connectivity index (χ0n) is 17.5. The van der Waals surface area contributed by atoms with Gasteiger partial charge < -0.3 is 15.1 Å². The fourth-order valence-electron chi connectivity index (χ4n) is 6.66. The Labute approximate surface area is 168 Å². The van der Waals surface area contributed by atoms with Crippen LogP contribution in [-0.2, 0) is 4.79 Å². The number of nitrogens with one attached hydrogen (secondary N) is 1. The Morgan fingerprint density at radius 3 is 1.93 bits per heavy atom. The molecule has 5 aliphatic rings. The van der Waals surface area contributed by atoms with Crippen molar-refractivity contribution >= 4 is 17.5 Å². The maximum atomic E-state index is 13.4. The van der Waals surface area contributed by atoms with E-state index in [9.17, 15) is 4.79 Å². The van der Waals surface area contributed by atoms with E-state index in [-0.39, 0.29) is 11.3 Å². The molecule has 1 aromatic heterocycles. The smallest absolute Gasteiger partial charge is 0.230 e. The quantitative estimate of drug-likeness (QED) is 0.869. The van der Waals surface area contributed by atoms with Crippen LogP contribution in [0.2, 0.25) is 0 Å². The molecule has 2 heterocycles. The lowest BCUT2D eigenvalue weighted by molar-refractivity contribution is -0.140. The predicted octanol–water partition coefficient (Wildman–Crippen LogP) is 3.00. The summed E-state index contributed by atoms with van der Waals surface area (Å²) in [7, 11) is 2.15. The van der Waals surface area contributed by atoms with Crippen molar-refractivity contribution in [3.63, 3.8) is 0 Å². The Morgan fingerprint density at radius 2 is 1.43 bits per heavy atom. The monoisotopic (exact) mass is 383 g/mol. The van der Waals surface area contributed by atoms with Crippen molar-refractivity contribution in [2.45, 2.75) is 52.4 Å². The van der Waals surface area contributed by atoms with Gasteiger partial charge in [-0.3, -0.25) is 4.79 Å². The van der Waals surface area contributed by atoms with Crippen LogP contribution in [-0.4, -0.2) is 54.0 Å². The zero-order chi connectivity index (χ0) is 19.5. The molecule has 1 aliphatic heterocycles. The summed E-state index contributed by atoms with van der Waals surface area (Å²) in [6.45, 7) is 7.98. The second-order valence-electron chi connectivity index (χ2n) is 10.0. The summed E-state index contributed by atoms with van der Waals surface area (Å²) in [5, 5.41) is 3.28. The number of nitrogens with zero attached hydrogens (tertiary/aromatic N) is 4. The molecule has 1 aromatic rings. The van der Waals surface area contributed by atoms with Crippen molar-refractivity contribution in [1.82, 2.24) is 14.9 Å². The number of amides is 1. The summed E-state index contributed by atoms with van der Waals surface area (Å²) in [5.41, 5.74) is 2.47. The van der Waals surface area contributed by atoms with Gasteiger partial charge in [0.05, 0.1) is 22.5 Å². The van der Waals surface area contributed by atoms with Crippen LogP contribution >= 0.6 is 0 Å². The van der Waals surface area contributed by atoms with E-state index in [0.717, 1.165) is 86.2 Å². The van der Waals surface area contributed by atoms with Crippen LogP contribution in [0.1, 0.15) is 49.9 Å². The number of piperazine rings is 1. The molecule has 0 aromatic carbocycles. The second kappa shape index (κ2) is 6.68. The first-order valence-corrected chi connectivity index (χ1v) is 11.0. The number of likely N-dealkylation sites (N-methyl/N-ethyl adjacent to an activating group) is 1. The summed E-state index contributed by atoms with van der Waals surface area (Å²) < 4.78 is 0. The first kappa shape index (κ1) is 18.3. The van der Waals surface area contributed by atoms with Crippen LogP contribution in [0.25, 0.3) is 0 Å². The highest BCUT2D eigenvalue weighted by molar-refractivity contribution is 5.96. The molecule has 1 saturated heterocycles. The van der Waals surface area contributed by atoms with Gasteiger partial charge in [-0.25, -0.2) is 9.97 Å². The Balaban J connectivity index is 1.35. The molecule has 28 heavy (non-hydrogen) atoms. The molecule has 1 amide bonds. The van der Waals surface area contributed by atoms with E-state index in [2.05, 4.69) is 22.2 Å². The van der Waals surface area contributed by atoms with Crippen LogP contribution in [0.3, 0.4) is 0 Å². The lowest BCUT2D eigenvalue weighted by Crippen LogP contribution is -2.51. The van der Waals surface area contributed by atoms with Gasteiger partial charge >= 0.3 is 0 Å². The maximum absolute atomic E-state index is 13.4. The Hall–Kier alpha value is -1.69. The molecule has 4 saturated carbocycles. The first-order valence-electron chi connectivity index (χ1n) is 11.0. The van der Waals surface area contributed by atoms with Crippen molar-refractivity contribution in [2.75, 3.05) is 43.4 Å². The molecule has 6 nitrogen and oxygen atoms in total. The van der Waals surface area contributed by atoms with Gasteiger partial charge in [0.2, 0.25) is 11.9 Å². The third-order valence-electron chi connectivity index (χ3n) is 7.80. The molecular weight excluding hydrogens is 350 g/mol. The molecule has 1 N–H and O–H groups in total. The number of aromatic nitrogens is 2. The average Bonchev–Trinajstić information content (AvgIpc) is 2.64. The number of carbonyl (C=O) groups excluding carboxylic acids is 1. The molecule has 0 spiro atoms. The van der Waals surface area contributed by atoms with Crippen molar-refractivity contribution < 1.29 is 4.79 Å². The van der Waals surface area contributed by atoms with Crippen LogP contribution in [0.15, 0.2) is 0 Å². The van der Waals surface area contributed by atoms with Crippen LogP contribution < -0.4 is 10.2 Å². The number of carbonyl (C=O) groups is 1. The second-order valence-corrected chi connectivity index (χ2v) is 10.0. The van der Waals surface area contributed by atoms with E-state index >= 15 is 0 Å². The Kier molecular flexibility index (Phi) is 4.38. The van der Waals surface area contributed by atoms with E-state index in [1.165, 1.54) is 19.3 Å². The lowest BCUT2D eigenvalue weighted by Gasteiger charge is -2.55. The number of hydrogen-bond donors (Lipinski definition) is 1. The van der Waals surface area contributed by atoms with Gasteiger partial charge in [0.1, 0.15) is 0 Å². The minimum Gasteiger partial charge on any atom is -0.338 e. The summed E-state index contributed by atoms with van der Waals surface area (Å²) >= 11 is 0. The SMILES string of the molecule is Cc1nc(N2CCN(C)CC2)nc(C)c1NC(=O)C12CC3CC(CC(C3)C1)C2. The zero-order valence-corrected chi connectivity index (χ0v) is 17.5. The molecule has 0 radical (unpaired) electrons. The highest BCUT2D eigenvalue weighted by atomic mass is 16.2. The molecular formula is C22H33N5O. The molecule has 152 valence electrons. The molecule has 0 unspecified atom stereocenters. The maximum Gasteiger partial charge on any atom is 0.230 e. The van der Waals surface area contributed by atoms with Gasteiger partial charge in [0, 0.05) is 26.2 Å². The predicted molar refractivity (Wildman–Crippen MR) is 110 cm³/mol. The fourth-order valence-corrected chi connectivity index (χ4v) is 6.66.